The summed E-state index contributed by atoms with van der Waals surface area (Å²) in [7, 11) is 1.95. The lowest BCUT2D eigenvalue weighted by molar-refractivity contribution is -0.131. The number of amides is 1. The number of anilines is 2. The van der Waals surface area contributed by atoms with Gasteiger partial charge in [-0.2, -0.15) is 0 Å². The minimum absolute atomic E-state index is 0.155. The van der Waals surface area contributed by atoms with Gasteiger partial charge in [-0.25, -0.2) is 0 Å². The van der Waals surface area contributed by atoms with Crippen LogP contribution in [0.5, 0.6) is 0 Å². The van der Waals surface area contributed by atoms with Gasteiger partial charge in [0.05, 0.1) is 5.25 Å². The highest BCUT2D eigenvalue weighted by atomic mass is 32.2. The van der Waals surface area contributed by atoms with Gasteiger partial charge in [0.25, 0.3) is 0 Å². The van der Waals surface area contributed by atoms with Gasteiger partial charge in [-0.3, -0.25) is 4.79 Å². The van der Waals surface area contributed by atoms with Gasteiger partial charge in [0.2, 0.25) is 11.0 Å². The summed E-state index contributed by atoms with van der Waals surface area (Å²) in [5, 5.41) is 12.4. The van der Waals surface area contributed by atoms with Crippen LogP contribution in [0.2, 0.25) is 0 Å². The number of carbonyl (C=O) groups is 1. The van der Waals surface area contributed by atoms with Crippen molar-refractivity contribution in [1.29, 1.82) is 0 Å². The molecule has 152 valence electrons. The molecule has 1 N–H and O–H groups in total. The second kappa shape index (κ2) is 9.74. The molecule has 1 amide bonds. The fourth-order valence-electron chi connectivity index (χ4n) is 3.52. The molecule has 0 aliphatic heterocycles. The average molecular weight is 419 g/mol. The standard InChI is InChI=1S/C21H30N4OS2/c1-14(2)16-10-12-17(13-11-16)22-20-23-24-21(28-20)27-15(3)19(26)25(4)18-8-6-5-7-9-18/h10-15,18H,5-9H2,1-4H3,(H,22,23)/t15-/m1/s1. The molecule has 1 heterocycles. The number of rotatable bonds is 7. The van der Waals surface area contributed by atoms with Crippen LogP contribution >= 0.6 is 23.1 Å². The third-order valence-electron chi connectivity index (χ3n) is 5.33. The second-order valence-corrected chi connectivity index (χ2v) is 10.3. The normalized spacial score (nSPS) is 16.2. The van der Waals surface area contributed by atoms with Crippen molar-refractivity contribution < 1.29 is 4.79 Å². The quantitative estimate of drug-likeness (QED) is 0.587. The topological polar surface area (TPSA) is 58.1 Å². The number of thioether (sulfide) groups is 1. The van der Waals surface area contributed by atoms with E-state index in [1.807, 2.05) is 18.9 Å². The van der Waals surface area contributed by atoms with Crippen LogP contribution in [0.4, 0.5) is 10.8 Å². The number of carbonyl (C=O) groups excluding carboxylic acids is 1. The third kappa shape index (κ3) is 5.47. The van der Waals surface area contributed by atoms with E-state index in [0.29, 0.717) is 12.0 Å². The molecule has 1 aliphatic rings. The Morgan fingerprint density at radius 2 is 1.82 bits per heavy atom. The summed E-state index contributed by atoms with van der Waals surface area (Å²) in [6.45, 7) is 6.33. The predicted molar refractivity (Wildman–Crippen MR) is 119 cm³/mol. The Balaban J connectivity index is 1.55. The molecule has 1 saturated carbocycles. The van der Waals surface area contributed by atoms with Gasteiger partial charge in [-0.1, -0.05) is 68.3 Å². The molecular weight excluding hydrogens is 388 g/mol. The molecule has 0 saturated heterocycles. The van der Waals surface area contributed by atoms with E-state index in [4.69, 9.17) is 0 Å². The maximum Gasteiger partial charge on any atom is 0.235 e. The molecule has 1 aliphatic carbocycles. The zero-order chi connectivity index (χ0) is 20.1. The third-order valence-corrected chi connectivity index (χ3v) is 7.34. The van der Waals surface area contributed by atoms with Crippen LogP contribution in [-0.4, -0.2) is 39.3 Å². The van der Waals surface area contributed by atoms with Gasteiger partial charge in [0.15, 0.2) is 4.34 Å². The molecule has 28 heavy (non-hydrogen) atoms. The Morgan fingerprint density at radius 3 is 2.46 bits per heavy atom. The first-order valence-corrected chi connectivity index (χ1v) is 11.8. The molecular formula is C21H30N4OS2. The molecule has 0 radical (unpaired) electrons. The summed E-state index contributed by atoms with van der Waals surface area (Å²) in [5.41, 5.74) is 2.31. The Morgan fingerprint density at radius 1 is 1.14 bits per heavy atom. The molecule has 0 bridgehead atoms. The van der Waals surface area contributed by atoms with E-state index in [0.717, 1.165) is 28.0 Å². The first kappa shape index (κ1) is 21.1. The zero-order valence-corrected chi connectivity index (χ0v) is 18.8. The minimum Gasteiger partial charge on any atom is -0.342 e. The van der Waals surface area contributed by atoms with Crippen molar-refractivity contribution in [2.45, 2.75) is 74.4 Å². The van der Waals surface area contributed by atoms with Gasteiger partial charge in [-0.05, 0) is 43.4 Å². The monoisotopic (exact) mass is 418 g/mol. The fraction of sp³-hybridized carbons (Fsp3) is 0.571. The van der Waals surface area contributed by atoms with Crippen molar-refractivity contribution in [3.63, 3.8) is 0 Å². The summed E-state index contributed by atoms with van der Waals surface area (Å²) < 4.78 is 0.819. The summed E-state index contributed by atoms with van der Waals surface area (Å²) in [5.74, 6) is 0.704. The van der Waals surface area contributed by atoms with Crippen LogP contribution in [0.3, 0.4) is 0 Å². The molecule has 2 aromatic rings. The lowest BCUT2D eigenvalue weighted by Crippen LogP contribution is -2.42. The number of hydrogen-bond donors (Lipinski definition) is 1. The highest BCUT2D eigenvalue weighted by Crippen LogP contribution is 2.32. The van der Waals surface area contributed by atoms with E-state index in [9.17, 15) is 4.79 Å². The molecule has 1 atom stereocenters. The van der Waals surface area contributed by atoms with Crippen LogP contribution < -0.4 is 5.32 Å². The smallest absolute Gasteiger partial charge is 0.235 e. The molecule has 1 aromatic heterocycles. The van der Waals surface area contributed by atoms with Crippen molar-refractivity contribution in [2.75, 3.05) is 12.4 Å². The maximum atomic E-state index is 12.8. The zero-order valence-electron chi connectivity index (χ0n) is 17.1. The lowest BCUT2D eigenvalue weighted by atomic mass is 9.94. The van der Waals surface area contributed by atoms with Crippen molar-refractivity contribution >= 4 is 39.8 Å². The van der Waals surface area contributed by atoms with E-state index in [1.54, 1.807) is 0 Å². The number of benzene rings is 1. The van der Waals surface area contributed by atoms with Crippen molar-refractivity contribution in [3.05, 3.63) is 29.8 Å². The van der Waals surface area contributed by atoms with E-state index in [-0.39, 0.29) is 11.2 Å². The van der Waals surface area contributed by atoms with Crippen molar-refractivity contribution in [3.8, 4) is 0 Å². The molecule has 1 aromatic carbocycles. The minimum atomic E-state index is -0.155. The van der Waals surface area contributed by atoms with Crippen LogP contribution in [0.25, 0.3) is 0 Å². The van der Waals surface area contributed by atoms with E-state index in [2.05, 4.69) is 53.6 Å². The number of nitrogens with zero attached hydrogens (tertiary/aromatic N) is 3. The summed E-state index contributed by atoms with van der Waals surface area (Å²) >= 11 is 2.99. The van der Waals surface area contributed by atoms with Crippen LogP contribution in [0.1, 0.15) is 64.4 Å². The van der Waals surface area contributed by atoms with Crippen LogP contribution in [0, 0.1) is 0 Å². The van der Waals surface area contributed by atoms with E-state index < -0.39 is 0 Å². The van der Waals surface area contributed by atoms with E-state index >= 15 is 0 Å². The number of nitrogens with one attached hydrogen (secondary N) is 1. The predicted octanol–water partition coefficient (Wildman–Crippen LogP) is 5.68. The lowest BCUT2D eigenvalue weighted by Gasteiger charge is -2.32. The molecule has 0 spiro atoms. The van der Waals surface area contributed by atoms with Gasteiger partial charge in [0, 0.05) is 18.8 Å². The highest BCUT2D eigenvalue weighted by Gasteiger charge is 2.26. The maximum absolute atomic E-state index is 12.8. The Labute approximate surface area is 176 Å². The van der Waals surface area contributed by atoms with Gasteiger partial charge >= 0.3 is 0 Å². The Kier molecular flexibility index (Phi) is 7.35. The van der Waals surface area contributed by atoms with Crippen LogP contribution in [0.15, 0.2) is 28.6 Å². The summed E-state index contributed by atoms with van der Waals surface area (Å²) in [6.07, 6.45) is 6.01. The number of aromatic nitrogens is 2. The number of hydrogen-bond acceptors (Lipinski definition) is 6. The second-order valence-electron chi connectivity index (χ2n) is 7.78. The molecule has 3 rings (SSSR count). The molecule has 5 nitrogen and oxygen atoms in total. The molecule has 7 heteroatoms. The van der Waals surface area contributed by atoms with Gasteiger partial charge < -0.3 is 10.2 Å². The highest BCUT2D eigenvalue weighted by molar-refractivity contribution is 8.02. The average Bonchev–Trinajstić information content (AvgIpc) is 3.14. The first-order chi connectivity index (χ1) is 13.4. The summed E-state index contributed by atoms with van der Waals surface area (Å²) in [6, 6.07) is 8.78. The molecule has 1 fully saturated rings. The SMILES string of the molecule is CC(C)c1ccc(Nc2nnc(S[C@H](C)C(=O)N(C)C3CCCCC3)s2)cc1. The first-order valence-electron chi connectivity index (χ1n) is 10.1. The Bertz CT molecular complexity index is 769. The van der Waals surface area contributed by atoms with E-state index in [1.165, 1.54) is 47.9 Å². The largest absolute Gasteiger partial charge is 0.342 e. The van der Waals surface area contributed by atoms with Gasteiger partial charge in [0.1, 0.15) is 0 Å². The van der Waals surface area contributed by atoms with Gasteiger partial charge in [-0.15, -0.1) is 10.2 Å². The van der Waals surface area contributed by atoms with Crippen LogP contribution in [-0.2, 0) is 4.79 Å². The molecule has 0 unspecified atom stereocenters. The fourth-order valence-corrected chi connectivity index (χ4v) is 5.54. The van der Waals surface area contributed by atoms with Crippen molar-refractivity contribution in [2.24, 2.45) is 0 Å². The summed E-state index contributed by atoms with van der Waals surface area (Å²) in [4.78, 5) is 14.7. The Hall–Kier alpha value is -1.60. The van der Waals surface area contributed by atoms with Crippen molar-refractivity contribution in [1.82, 2.24) is 15.1 Å².